The van der Waals surface area contributed by atoms with Crippen molar-refractivity contribution in [2.75, 3.05) is 6.61 Å². The summed E-state index contributed by atoms with van der Waals surface area (Å²) in [5, 5.41) is 22.6. The number of aliphatic hydroxyl groups excluding tert-OH is 1. The van der Waals surface area contributed by atoms with Crippen LogP contribution >= 0.6 is 0 Å². The zero-order valence-corrected chi connectivity index (χ0v) is 21.0. The van der Waals surface area contributed by atoms with Gasteiger partial charge in [0.25, 0.3) is 0 Å². The van der Waals surface area contributed by atoms with E-state index < -0.39 is 58.3 Å². The van der Waals surface area contributed by atoms with E-state index in [1.54, 1.807) is 26.8 Å². The second-order valence-corrected chi connectivity index (χ2v) is 11.1. The fourth-order valence-electron chi connectivity index (χ4n) is 7.32. The SMILES string of the molecule is C/C=C(\C)C(=O)O[C@@H]1[C@H](C)[C@]2(O)[C@@H]3C=C(C)C(=O)[C@@H]3CC(CO)=C[C@@H]2[C@H]2C(C)(C)[C@@]12OC(C)=O. The van der Waals surface area contributed by atoms with Crippen LogP contribution in [0.25, 0.3) is 0 Å². The third-order valence-electron chi connectivity index (χ3n) is 9.19. The predicted molar refractivity (Wildman–Crippen MR) is 124 cm³/mol. The van der Waals surface area contributed by atoms with Crippen LogP contribution in [0.2, 0.25) is 0 Å². The maximum absolute atomic E-state index is 13.0. The van der Waals surface area contributed by atoms with E-state index in [1.165, 1.54) is 6.92 Å². The molecule has 0 amide bonds. The lowest BCUT2D eigenvalue weighted by atomic mass is 9.60. The molecule has 0 unspecified atom stereocenters. The van der Waals surface area contributed by atoms with Gasteiger partial charge in [-0.1, -0.05) is 39.0 Å². The summed E-state index contributed by atoms with van der Waals surface area (Å²) >= 11 is 0. The molecule has 0 saturated heterocycles. The maximum Gasteiger partial charge on any atom is 0.333 e. The normalized spacial score (nSPS) is 42.4. The lowest BCUT2D eigenvalue weighted by molar-refractivity contribution is -0.218. The Morgan fingerprint density at radius 1 is 1.21 bits per heavy atom. The minimum atomic E-state index is -1.44. The highest BCUT2D eigenvalue weighted by molar-refractivity contribution is 6.00. The zero-order chi connectivity index (χ0) is 25.4. The van der Waals surface area contributed by atoms with E-state index in [0.29, 0.717) is 23.1 Å². The number of esters is 2. The molecule has 0 aliphatic heterocycles. The van der Waals surface area contributed by atoms with Crippen molar-refractivity contribution < 1.29 is 34.1 Å². The standard InChI is InChI=1S/C27H36O7/c1-8-13(2)24(31)33-23-15(4)26(32)19-9-14(3)21(30)18(19)10-17(12-28)11-20(26)22-25(6,7)27(22,23)34-16(5)29/h8-9,11,15,18-20,22-23,28,32H,10,12H2,1-7H3/b13-8+/t15-,18+,19+,20+,22-,23+,26-,27-/m0/s1. The fourth-order valence-corrected chi connectivity index (χ4v) is 7.32. The number of ether oxygens (including phenoxy) is 2. The lowest BCUT2D eigenvalue weighted by Crippen LogP contribution is -2.63. The molecule has 0 heterocycles. The van der Waals surface area contributed by atoms with Gasteiger partial charge in [0.05, 0.1) is 12.2 Å². The Labute approximate surface area is 200 Å². The van der Waals surface area contributed by atoms with Crippen molar-refractivity contribution in [3.8, 4) is 0 Å². The molecule has 0 radical (unpaired) electrons. The summed E-state index contributed by atoms with van der Waals surface area (Å²) in [5.41, 5.74) is -1.47. The molecule has 7 heteroatoms. The number of ketones is 1. The highest BCUT2D eigenvalue weighted by Crippen LogP contribution is 2.76. The number of carbonyl (C=O) groups excluding carboxylic acids is 3. The second kappa shape index (κ2) is 7.89. The van der Waals surface area contributed by atoms with Crippen LogP contribution in [-0.4, -0.2) is 51.8 Å². The molecular weight excluding hydrogens is 436 g/mol. The molecule has 34 heavy (non-hydrogen) atoms. The first-order valence-electron chi connectivity index (χ1n) is 12.1. The van der Waals surface area contributed by atoms with Crippen molar-refractivity contribution >= 4 is 17.7 Å². The van der Waals surface area contributed by atoms with E-state index >= 15 is 0 Å². The predicted octanol–water partition coefficient (Wildman–Crippen LogP) is 2.90. The molecule has 0 aromatic rings. The fraction of sp³-hybridized carbons (Fsp3) is 0.667. The Morgan fingerprint density at radius 2 is 1.85 bits per heavy atom. The van der Waals surface area contributed by atoms with E-state index in [4.69, 9.17) is 9.47 Å². The van der Waals surface area contributed by atoms with E-state index in [1.807, 2.05) is 32.9 Å². The second-order valence-electron chi connectivity index (χ2n) is 11.1. The van der Waals surface area contributed by atoms with Crippen LogP contribution in [0.5, 0.6) is 0 Å². The van der Waals surface area contributed by atoms with Gasteiger partial charge in [-0.25, -0.2) is 4.79 Å². The molecular formula is C27H36O7. The van der Waals surface area contributed by atoms with Crippen LogP contribution in [0.1, 0.15) is 54.9 Å². The summed E-state index contributed by atoms with van der Waals surface area (Å²) in [6, 6.07) is 0. The molecule has 4 rings (SSSR count). The van der Waals surface area contributed by atoms with Crippen LogP contribution in [0, 0.1) is 35.0 Å². The molecule has 2 saturated carbocycles. The topological polar surface area (TPSA) is 110 Å². The van der Waals surface area contributed by atoms with Crippen LogP contribution in [0.3, 0.4) is 0 Å². The summed E-state index contributed by atoms with van der Waals surface area (Å²) < 4.78 is 12.0. The van der Waals surface area contributed by atoms with E-state index in [2.05, 4.69) is 0 Å². The summed E-state index contributed by atoms with van der Waals surface area (Å²) in [5.74, 6) is -3.55. The van der Waals surface area contributed by atoms with Gasteiger partial charge in [-0.3, -0.25) is 9.59 Å². The molecule has 0 aromatic heterocycles. The summed E-state index contributed by atoms with van der Waals surface area (Å²) in [6.07, 6.45) is 4.83. The first kappa shape index (κ1) is 24.9. The number of hydrogen-bond donors (Lipinski definition) is 2. The van der Waals surface area contributed by atoms with Crippen LogP contribution in [-0.2, 0) is 23.9 Å². The number of fused-ring (bicyclic) bond motifs is 5. The Morgan fingerprint density at radius 3 is 2.41 bits per heavy atom. The van der Waals surface area contributed by atoms with Gasteiger partial charge < -0.3 is 19.7 Å². The molecule has 2 fully saturated rings. The Hall–Kier alpha value is -2.25. The molecule has 0 bridgehead atoms. The van der Waals surface area contributed by atoms with Crippen molar-refractivity contribution in [1.82, 2.24) is 0 Å². The summed E-state index contributed by atoms with van der Waals surface area (Å²) in [7, 11) is 0. The minimum absolute atomic E-state index is 0.0317. The van der Waals surface area contributed by atoms with Crippen LogP contribution in [0.4, 0.5) is 0 Å². The van der Waals surface area contributed by atoms with E-state index in [0.717, 1.165) is 0 Å². The molecule has 7 nitrogen and oxygen atoms in total. The first-order chi connectivity index (χ1) is 15.8. The van der Waals surface area contributed by atoms with Crippen molar-refractivity contribution in [2.24, 2.45) is 35.0 Å². The van der Waals surface area contributed by atoms with Gasteiger partial charge in [0.2, 0.25) is 0 Å². The number of aliphatic hydroxyl groups is 2. The van der Waals surface area contributed by atoms with Gasteiger partial charge in [0.15, 0.2) is 11.4 Å². The average molecular weight is 473 g/mol. The average Bonchev–Trinajstić information content (AvgIpc) is 3.16. The highest BCUT2D eigenvalue weighted by atomic mass is 16.6. The number of hydrogen-bond acceptors (Lipinski definition) is 7. The Balaban J connectivity index is 1.92. The van der Waals surface area contributed by atoms with Crippen LogP contribution < -0.4 is 0 Å². The molecule has 0 spiro atoms. The quantitative estimate of drug-likeness (QED) is 0.368. The van der Waals surface area contributed by atoms with Gasteiger partial charge >= 0.3 is 11.9 Å². The molecule has 186 valence electrons. The van der Waals surface area contributed by atoms with Crippen molar-refractivity contribution in [1.29, 1.82) is 0 Å². The van der Waals surface area contributed by atoms with E-state index in [-0.39, 0.29) is 18.3 Å². The number of allylic oxidation sites excluding steroid dienone is 2. The van der Waals surface area contributed by atoms with Gasteiger partial charge in [-0.2, -0.15) is 0 Å². The minimum Gasteiger partial charge on any atom is -0.454 e. The van der Waals surface area contributed by atoms with Gasteiger partial charge in [0.1, 0.15) is 6.10 Å². The third-order valence-corrected chi connectivity index (χ3v) is 9.19. The Kier molecular flexibility index (Phi) is 5.77. The van der Waals surface area contributed by atoms with Crippen molar-refractivity contribution in [2.45, 2.75) is 72.2 Å². The molecule has 0 aromatic carbocycles. The maximum atomic E-state index is 13.0. The molecule has 4 aliphatic rings. The van der Waals surface area contributed by atoms with E-state index in [9.17, 15) is 24.6 Å². The number of rotatable bonds is 4. The molecule has 2 N–H and O–H groups in total. The van der Waals surface area contributed by atoms with Crippen LogP contribution in [0.15, 0.2) is 34.9 Å². The van der Waals surface area contributed by atoms with Gasteiger partial charge in [-0.05, 0) is 38.3 Å². The lowest BCUT2D eigenvalue weighted by Gasteiger charge is -2.52. The van der Waals surface area contributed by atoms with Crippen molar-refractivity contribution in [3.63, 3.8) is 0 Å². The molecule has 8 atom stereocenters. The smallest absolute Gasteiger partial charge is 0.333 e. The summed E-state index contributed by atoms with van der Waals surface area (Å²) in [6.45, 7) is 12.0. The highest BCUT2D eigenvalue weighted by Gasteiger charge is 2.87. The molecule has 4 aliphatic carbocycles. The third kappa shape index (κ3) is 3.05. The monoisotopic (exact) mass is 472 g/mol. The number of carbonyl (C=O) groups is 3. The zero-order valence-electron chi connectivity index (χ0n) is 21.0. The summed E-state index contributed by atoms with van der Waals surface area (Å²) in [4.78, 5) is 38.3. The van der Waals surface area contributed by atoms with Crippen molar-refractivity contribution in [3.05, 3.63) is 34.9 Å². The Bertz CT molecular complexity index is 1030. The largest absolute Gasteiger partial charge is 0.454 e. The first-order valence-corrected chi connectivity index (χ1v) is 12.1. The van der Waals surface area contributed by atoms with Gasteiger partial charge in [0, 0.05) is 47.5 Å². The number of Topliss-reactive ketones (excluding diaryl/α,β-unsaturated/α-hetero) is 1. The van der Waals surface area contributed by atoms with Gasteiger partial charge in [-0.15, -0.1) is 0 Å².